The van der Waals surface area contributed by atoms with Crippen LogP contribution in [0.5, 0.6) is 11.5 Å². The fourth-order valence-corrected chi connectivity index (χ4v) is 3.05. The standard InChI is InChI=1S/C19H16O3/c20-18-14(9-8-13-4-1-2-6-16(13)18)12-15-5-3-7-17-19(15)22-11-10-21-17/h1-7,12H,8-11H2/b14-12+. The van der Waals surface area contributed by atoms with Crippen molar-refractivity contribution < 1.29 is 14.3 Å². The summed E-state index contributed by atoms with van der Waals surface area (Å²) in [4.78, 5) is 12.6. The van der Waals surface area contributed by atoms with Gasteiger partial charge in [-0.25, -0.2) is 0 Å². The predicted octanol–water partition coefficient (Wildman–Crippen LogP) is 3.67. The van der Waals surface area contributed by atoms with E-state index in [-0.39, 0.29) is 5.78 Å². The van der Waals surface area contributed by atoms with Gasteiger partial charge in [0.1, 0.15) is 13.2 Å². The van der Waals surface area contributed by atoms with Crippen LogP contribution in [0.2, 0.25) is 0 Å². The van der Waals surface area contributed by atoms with Crippen molar-refractivity contribution in [2.45, 2.75) is 12.8 Å². The number of hydrogen-bond donors (Lipinski definition) is 0. The van der Waals surface area contributed by atoms with Crippen LogP contribution in [-0.2, 0) is 6.42 Å². The van der Waals surface area contributed by atoms with E-state index in [1.54, 1.807) is 0 Å². The number of fused-ring (bicyclic) bond motifs is 2. The minimum absolute atomic E-state index is 0.121. The number of para-hydroxylation sites is 1. The van der Waals surface area contributed by atoms with Gasteiger partial charge in [0.15, 0.2) is 17.3 Å². The molecule has 0 unspecified atom stereocenters. The lowest BCUT2D eigenvalue weighted by Gasteiger charge is -2.21. The zero-order valence-electron chi connectivity index (χ0n) is 12.2. The number of ether oxygens (including phenoxy) is 2. The number of ketones is 1. The second-order valence-corrected chi connectivity index (χ2v) is 5.53. The first-order chi connectivity index (χ1) is 10.8. The maximum Gasteiger partial charge on any atom is 0.189 e. The van der Waals surface area contributed by atoms with Crippen molar-refractivity contribution in [3.05, 3.63) is 64.7 Å². The molecular weight excluding hydrogens is 276 g/mol. The van der Waals surface area contributed by atoms with Gasteiger partial charge in [-0.2, -0.15) is 0 Å². The van der Waals surface area contributed by atoms with Gasteiger partial charge in [0.05, 0.1) is 0 Å². The zero-order valence-corrected chi connectivity index (χ0v) is 12.2. The first-order valence-electron chi connectivity index (χ1n) is 7.55. The maximum atomic E-state index is 12.6. The summed E-state index contributed by atoms with van der Waals surface area (Å²) in [7, 11) is 0. The van der Waals surface area contributed by atoms with E-state index < -0.39 is 0 Å². The topological polar surface area (TPSA) is 35.5 Å². The van der Waals surface area contributed by atoms with Crippen LogP contribution in [0, 0.1) is 0 Å². The van der Waals surface area contributed by atoms with Crippen LogP contribution in [0.3, 0.4) is 0 Å². The fraction of sp³-hybridized carbons (Fsp3) is 0.211. The molecule has 3 nitrogen and oxygen atoms in total. The van der Waals surface area contributed by atoms with Gasteiger partial charge in [-0.05, 0) is 30.5 Å². The average Bonchev–Trinajstić information content (AvgIpc) is 2.58. The lowest BCUT2D eigenvalue weighted by Crippen LogP contribution is -2.16. The molecule has 4 rings (SSSR count). The van der Waals surface area contributed by atoms with Gasteiger partial charge >= 0.3 is 0 Å². The largest absolute Gasteiger partial charge is 0.486 e. The molecule has 0 fully saturated rings. The highest BCUT2D eigenvalue weighted by Gasteiger charge is 2.22. The quantitative estimate of drug-likeness (QED) is 0.752. The summed E-state index contributed by atoms with van der Waals surface area (Å²) in [6, 6.07) is 13.6. The van der Waals surface area contributed by atoms with Crippen LogP contribution in [0.4, 0.5) is 0 Å². The molecule has 2 aromatic rings. The summed E-state index contributed by atoms with van der Waals surface area (Å²) in [5.74, 6) is 1.62. The molecule has 2 aliphatic rings. The average molecular weight is 292 g/mol. The highest BCUT2D eigenvalue weighted by Crippen LogP contribution is 2.36. The van der Waals surface area contributed by atoms with Gasteiger partial charge < -0.3 is 9.47 Å². The van der Waals surface area contributed by atoms with E-state index in [1.807, 2.05) is 48.5 Å². The molecule has 1 heterocycles. The number of aryl methyl sites for hydroxylation is 1. The van der Waals surface area contributed by atoms with E-state index in [1.165, 1.54) is 0 Å². The van der Waals surface area contributed by atoms with Crippen LogP contribution >= 0.6 is 0 Å². The Labute approximate surface area is 129 Å². The van der Waals surface area contributed by atoms with Crippen molar-refractivity contribution in [3.8, 4) is 11.5 Å². The molecule has 0 atom stereocenters. The van der Waals surface area contributed by atoms with Gasteiger partial charge in [-0.3, -0.25) is 4.79 Å². The minimum Gasteiger partial charge on any atom is -0.486 e. The van der Waals surface area contributed by atoms with E-state index in [0.29, 0.717) is 13.2 Å². The molecule has 0 N–H and O–H groups in total. The first kappa shape index (κ1) is 13.1. The maximum absolute atomic E-state index is 12.6. The van der Waals surface area contributed by atoms with E-state index >= 15 is 0 Å². The lowest BCUT2D eigenvalue weighted by molar-refractivity contribution is 0.102. The van der Waals surface area contributed by atoms with Crippen molar-refractivity contribution >= 4 is 11.9 Å². The lowest BCUT2D eigenvalue weighted by atomic mass is 9.86. The highest BCUT2D eigenvalue weighted by molar-refractivity contribution is 6.13. The van der Waals surface area contributed by atoms with Crippen LogP contribution in [-0.4, -0.2) is 19.0 Å². The Morgan fingerprint density at radius 2 is 1.77 bits per heavy atom. The Kier molecular flexibility index (Phi) is 3.19. The van der Waals surface area contributed by atoms with Gasteiger partial charge in [-0.1, -0.05) is 36.4 Å². The second-order valence-electron chi connectivity index (χ2n) is 5.53. The van der Waals surface area contributed by atoms with E-state index in [0.717, 1.165) is 46.6 Å². The normalized spacial score (nSPS) is 18.2. The molecule has 0 saturated carbocycles. The smallest absolute Gasteiger partial charge is 0.189 e. The molecule has 110 valence electrons. The van der Waals surface area contributed by atoms with Crippen LogP contribution in [0.25, 0.3) is 6.08 Å². The number of carbonyl (C=O) groups is 1. The minimum atomic E-state index is 0.121. The van der Waals surface area contributed by atoms with Gasteiger partial charge in [0, 0.05) is 16.7 Å². The fourth-order valence-electron chi connectivity index (χ4n) is 3.05. The summed E-state index contributed by atoms with van der Waals surface area (Å²) in [6.07, 6.45) is 3.62. The number of benzene rings is 2. The predicted molar refractivity (Wildman–Crippen MR) is 84.5 cm³/mol. The summed E-state index contributed by atoms with van der Waals surface area (Å²) in [5.41, 5.74) is 3.71. The third-order valence-corrected chi connectivity index (χ3v) is 4.14. The summed E-state index contributed by atoms with van der Waals surface area (Å²) < 4.78 is 11.3. The van der Waals surface area contributed by atoms with Gasteiger partial charge in [-0.15, -0.1) is 0 Å². The molecule has 3 heteroatoms. The van der Waals surface area contributed by atoms with Crippen molar-refractivity contribution in [2.24, 2.45) is 0 Å². The highest BCUT2D eigenvalue weighted by atomic mass is 16.6. The number of Topliss-reactive ketones (excluding diaryl/α,β-unsaturated/α-hetero) is 1. The Morgan fingerprint density at radius 1 is 0.909 bits per heavy atom. The Balaban J connectivity index is 1.74. The summed E-state index contributed by atoms with van der Waals surface area (Å²) in [5, 5.41) is 0. The molecule has 22 heavy (non-hydrogen) atoms. The van der Waals surface area contributed by atoms with E-state index in [2.05, 4.69) is 0 Å². The summed E-state index contributed by atoms with van der Waals surface area (Å²) >= 11 is 0. The van der Waals surface area contributed by atoms with E-state index in [4.69, 9.17) is 9.47 Å². The number of hydrogen-bond acceptors (Lipinski definition) is 3. The Bertz CT molecular complexity index is 774. The molecule has 0 spiro atoms. The van der Waals surface area contributed by atoms with Crippen molar-refractivity contribution in [3.63, 3.8) is 0 Å². The summed E-state index contributed by atoms with van der Waals surface area (Å²) in [6.45, 7) is 1.11. The molecule has 2 aromatic carbocycles. The zero-order chi connectivity index (χ0) is 14.9. The van der Waals surface area contributed by atoms with Crippen LogP contribution in [0.15, 0.2) is 48.0 Å². The molecule has 0 amide bonds. The van der Waals surface area contributed by atoms with E-state index in [9.17, 15) is 4.79 Å². The van der Waals surface area contributed by atoms with Gasteiger partial charge in [0.25, 0.3) is 0 Å². The van der Waals surface area contributed by atoms with Crippen molar-refractivity contribution in [1.82, 2.24) is 0 Å². The molecule has 0 bridgehead atoms. The number of rotatable bonds is 1. The molecule has 0 saturated heterocycles. The van der Waals surface area contributed by atoms with Gasteiger partial charge in [0.2, 0.25) is 0 Å². The van der Waals surface area contributed by atoms with Crippen LogP contribution < -0.4 is 9.47 Å². The molecule has 0 aromatic heterocycles. The number of carbonyl (C=O) groups excluding carboxylic acids is 1. The third kappa shape index (κ3) is 2.19. The van der Waals surface area contributed by atoms with Crippen molar-refractivity contribution in [1.29, 1.82) is 0 Å². The van der Waals surface area contributed by atoms with Crippen molar-refractivity contribution in [2.75, 3.05) is 13.2 Å². The third-order valence-electron chi connectivity index (χ3n) is 4.14. The first-order valence-corrected chi connectivity index (χ1v) is 7.55. The Morgan fingerprint density at radius 3 is 2.73 bits per heavy atom. The molecular formula is C19H16O3. The second kappa shape index (κ2) is 5.34. The molecule has 0 radical (unpaired) electrons. The SMILES string of the molecule is O=C1/C(=C/c2cccc3c2OCCO3)CCc2ccccc21. The monoisotopic (exact) mass is 292 g/mol. The molecule has 1 aliphatic heterocycles. The molecule has 1 aliphatic carbocycles. The number of allylic oxidation sites excluding steroid dienone is 1. The van der Waals surface area contributed by atoms with Crippen LogP contribution in [0.1, 0.15) is 27.9 Å². The Hall–Kier alpha value is -2.55.